The van der Waals surface area contributed by atoms with Gasteiger partial charge in [0, 0.05) is 6.04 Å². The molecule has 1 aliphatic rings. The third kappa shape index (κ3) is 3.22. The maximum atomic E-state index is 10.4. The van der Waals surface area contributed by atoms with E-state index in [9.17, 15) is 4.79 Å². The van der Waals surface area contributed by atoms with E-state index in [0.29, 0.717) is 6.04 Å². The molecule has 0 amide bonds. The molecule has 2 unspecified atom stereocenters. The van der Waals surface area contributed by atoms with Crippen molar-refractivity contribution in [3.63, 3.8) is 0 Å². The molecule has 0 aromatic carbocycles. The lowest BCUT2D eigenvalue weighted by Crippen LogP contribution is -2.22. The van der Waals surface area contributed by atoms with Crippen LogP contribution in [0, 0.1) is 5.92 Å². The smallest absolute Gasteiger partial charge is 0.306 e. The van der Waals surface area contributed by atoms with E-state index in [1.165, 1.54) is 0 Å². The van der Waals surface area contributed by atoms with Gasteiger partial charge < -0.3 is 10.4 Å². The zero-order valence-electron chi connectivity index (χ0n) is 8.13. The van der Waals surface area contributed by atoms with Crippen LogP contribution in [0.15, 0.2) is 0 Å². The van der Waals surface area contributed by atoms with Crippen molar-refractivity contribution in [3.8, 4) is 0 Å². The molecule has 0 spiro atoms. The second-order valence-corrected chi connectivity index (χ2v) is 2.83. The molecule has 12 heavy (non-hydrogen) atoms. The molecule has 1 fully saturated rings. The minimum atomic E-state index is -0.641. The molecule has 0 radical (unpaired) electrons. The molecule has 1 aliphatic carbocycles. The molecule has 72 valence electrons. The SMILES string of the molecule is CC.CNC1CCC(C(=O)O)C1. The van der Waals surface area contributed by atoms with Gasteiger partial charge in [-0.2, -0.15) is 0 Å². The maximum absolute atomic E-state index is 10.4. The summed E-state index contributed by atoms with van der Waals surface area (Å²) in [6.45, 7) is 4.00. The fraction of sp³-hybridized carbons (Fsp3) is 0.889. The standard InChI is InChI=1S/C7H13NO2.C2H6/c1-8-6-3-2-5(4-6)7(9)10;1-2/h5-6,8H,2-4H2,1H3,(H,9,10);1-2H3. The molecular formula is C9H19NO2. The predicted molar refractivity (Wildman–Crippen MR) is 49.2 cm³/mol. The van der Waals surface area contributed by atoms with Gasteiger partial charge in [-0.25, -0.2) is 0 Å². The Kier molecular flexibility index (Phi) is 5.72. The zero-order valence-corrected chi connectivity index (χ0v) is 8.13. The van der Waals surface area contributed by atoms with Crippen molar-refractivity contribution in [1.82, 2.24) is 5.32 Å². The Morgan fingerprint density at radius 1 is 1.42 bits per heavy atom. The van der Waals surface area contributed by atoms with Crippen LogP contribution in [0.25, 0.3) is 0 Å². The molecule has 1 rings (SSSR count). The topological polar surface area (TPSA) is 49.3 Å². The fourth-order valence-corrected chi connectivity index (χ4v) is 1.47. The highest BCUT2D eigenvalue weighted by atomic mass is 16.4. The lowest BCUT2D eigenvalue weighted by atomic mass is 10.1. The van der Waals surface area contributed by atoms with Crippen molar-refractivity contribution in [1.29, 1.82) is 0 Å². The van der Waals surface area contributed by atoms with Crippen LogP contribution in [-0.2, 0) is 4.79 Å². The van der Waals surface area contributed by atoms with E-state index in [1.54, 1.807) is 0 Å². The van der Waals surface area contributed by atoms with Crippen LogP contribution < -0.4 is 5.32 Å². The zero-order chi connectivity index (χ0) is 9.56. The second-order valence-electron chi connectivity index (χ2n) is 2.83. The minimum absolute atomic E-state index is 0.0996. The van der Waals surface area contributed by atoms with Crippen LogP contribution >= 0.6 is 0 Å². The van der Waals surface area contributed by atoms with Crippen molar-refractivity contribution in [2.45, 2.75) is 39.2 Å². The monoisotopic (exact) mass is 173 g/mol. The Labute approximate surface area is 74.2 Å². The Balaban J connectivity index is 0.000000561. The number of aliphatic carboxylic acids is 1. The molecule has 1 saturated carbocycles. The first-order chi connectivity index (χ1) is 5.74. The normalized spacial score (nSPS) is 27.6. The number of hydrogen-bond donors (Lipinski definition) is 2. The van der Waals surface area contributed by atoms with Gasteiger partial charge in [0.1, 0.15) is 0 Å². The average molecular weight is 173 g/mol. The summed E-state index contributed by atoms with van der Waals surface area (Å²) in [4.78, 5) is 10.4. The lowest BCUT2D eigenvalue weighted by Gasteiger charge is -2.05. The van der Waals surface area contributed by atoms with Crippen LogP contribution in [0.5, 0.6) is 0 Å². The number of nitrogens with one attached hydrogen (secondary N) is 1. The molecule has 3 heteroatoms. The molecule has 3 nitrogen and oxygen atoms in total. The van der Waals surface area contributed by atoms with Gasteiger partial charge in [-0.1, -0.05) is 13.8 Å². The summed E-state index contributed by atoms with van der Waals surface area (Å²) < 4.78 is 0. The molecule has 0 aromatic rings. The molecule has 0 bridgehead atoms. The van der Waals surface area contributed by atoms with E-state index in [4.69, 9.17) is 5.11 Å². The summed E-state index contributed by atoms with van der Waals surface area (Å²) in [6.07, 6.45) is 2.64. The van der Waals surface area contributed by atoms with E-state index < -0.39 is 5.97 Å². The summed E-state index contributed by atoms with van der Waals surface area (Å²) >= 11 is 0. The van der Waals surface area contributed by atoms with Crippen LogP contribution in [0.3, 0.4) is 0 Å². The van der Waals surface area contributed by atoms with E-state index in [2.05, 4.69) is 5.32 Å². The van der Waals surface area contributed by atoms with Crippen LogP contribution in [0.2, 0.25) is 0 Å². The van der Waals surface area contributed by atoms with Crippen molar-refractivity contribution in [2.24, 2.45) is 5.92 Å². The van der Waals surface area contributed by atoms with Gasteiger partial charge in [0.05, 0.1) is 5.92 Å². The highest BCUT2D eigenvalue weighted by molar-refractivity contribution is 5.70. The van der Waals surface area contributed by atoms with Crippen LogP contribution in [0.1, 0.15) is 33.1 Å². The first-order valence-electron chi connectivity index (χ1n) is 4.64. The quantitative estimate of drug-likeness (QED) is 0.665. The minimum Gasteiger partial charge on any atom is -0.481 e. The largest absolute Gasteiger partial charge is 0.481 e. The van der Waals surface area contributed by atoms with Gasteiger partial charge in [-0.05, 0) is 26.3 Å². The van der Waals surface area contributed by atoms with Gasteiger partial charge in [0.15, 0.2) is 0 Å². The Morgan fingerprint density at radius 3 is 2.25 bits per heavy atom. The van der Waals surface area contributed by atoms with E-state index in [-0.39, 0.29) is 5.92 Å². The highest BCUT2D eigenvalue weighted by Gasteiger charge is 2.28. The van der Waals surface area contributed by atoms with Crippen molar-refractivity contribution in [2.75, 3.05) is 7.05 Å². The predicted octanol–water partition coefficient (Wildman–Crippen LogP) is 1.49. The molecule has 0 aromatic heterocycles. The second kappa shape index (κ2) is 6.00. The molecular weight excluding hydrogens is 154 g/mol. The van der Waals surface area contributed by atoms with Crippen molar-refractivity contribution >= 4 is 5.97 Å². The fourth-order valence-electron chi connectivity index (χ4n) is 1.47. The molecule has 0 aliphatic heterocycles. The van der Waals surface area contributed by atoms with E-state index in [1.807, 2.05) is 20.9 Å². The van der Waals surface area contributed by atoms with E-state index >= 15 is 0 Å². The average Bonchev–Trinajstić information content (AvgIpc) is 2.55. The Morgan fingerprint density at radius 2 is 2.00 bits per heavy atom. The Hall–Kier alpha value is -0.570. The highest BCUT2D eigenvalue weighted by Crippen LogP contribution is 2.24. The van der Waals surface area contributed by atoms with Crippen molar-refractivity contribution in [3.05, 3.63) is 0 Å². The summed E-state index contributed by atoms with van der Waals surface area (Å²) in [5, 5.41) is 11.7. The van der Waals surface area contributed by atoms with Crippen molar-refractivity contribution < 1.29 is 9.90 Å². The van der Waals surface area contributed by atoms with Gasteiger partial charge in [0.25, 0.3) is 0 Å². The first kappa shape index (κ1) is 11.4. The summed E-state index contributed by atoms with van der Waals surface area (Å²) in [6, 6.07) is 0.432. The molecule has 0 heterocycles. The number of carboxylic acid groups (broad SMARTS) is 1. The van der Waals surface area contributed by atoms with Crippen LogP contribution in [0.4, 0.5) is 0 Å². The van der Waals surface area contributed by atoms with Gasteiger partial charge in [-0.3, -0.25) is 4.79 Å². The third-order valence-electron chi connectivity index (χ3n) is 2.19. The Bertz CT molecular complexity index is 136. The number of hydrogen-bond acceptors (Lipinski definition) is 2. The number of rotatable bonds is 2. The molecule has 0 saturated heterocycles. The number of carbonyl (C=O) groups is 1. The number of carboxylic acids is 1. The summed E-state index contributed by atoms with van der Waals surface area (Å²) in [7, 11) is 1.88. The molecule has 2 atom stereocenters. The van der Waals surface area contributed by atoms with Gasteiger partial charge in [0.2, 0.25) is 0 Å². The lowest BCUT2D eigenvalue weighted by molar-refractivity contribution is -0.141. The third-order valence-corrected chi connectivity index (χ3v) is 2.19. The van der Waals surface area contributed by atoms with Gasteiger partial charge >= 0.3 is 5.97 Å². The van der Waals surface area contributed by atoms with E-state index in [0.717, 1.165) is 19.3 Å². The summed E-state index contributed by atoms with van der Waals surface area (Å²) in [5.41, 5.74) is 0. The summed E-state index contributed by atoms with van der Waals surface area (Å²) in [5.74, 6) is -0.741. The van der Waals surface area contributed by atoms with Crippen LogP contribution in [-0.4, -0.2) is 24.2 Å². The van der Waals surface area contributed by atoms with Gasteiger partial charge in [-0.15, -0.1) is 0 Å². The molecule has 2 N–H and O–H groups in total. The first-order valence-corrected chi connectivity index (χ1v) is 4.64. The maximum Gasteiger partial charge on any atom is 0.306 e.